The number of hydrogen-bond acceptors (Lipinski definition) is 5. The molecule has 0 radical (unpaired) electrons. The van der Waals surface area contributed by atoms with Gasteiger partial charge in [0.25, 0.3) is 11.8 Å². The van der Waals surface area contributed by atoms with Crippen molar-refractivity contribution in [3.05, 3.63) is 47.8 Å². The molecular weight excluding hydrogens is 332 g/mol. The Kier molecular flexibility index (Phi) is 5.98. The molecule has 2 amide bonds. The van der Waals surface area contributed by atoms with Gasteiger partial charge in [-0.1, -0.05) is 18.2 Å². The predicted molar refractivity (Wildman–Crippen MR) is 98.3 cm³/mol. The van der Waals surface area contributed by atoms with E-state index in [1.165, 1.54) is 10.7 Å². The molecule has 26 heavy (non-hydrogen) atoms. The van der Waals surface area contributed by atoms with Gasteiger partial charge in [-0.25, -0.2) is 4.68 Å². The molecule has 1 aromatic heterocycles. The molecular formula is C18H24N6O2. The maximum absolute atomic E-state index is 12.4. The third kappa shape index (κ3) is 4.47. The molecule has 2 heterocycles. The highest BCUT2D eigenvalue weighted by atomic mass is 16.2. The number of rotatable bonds is 7. The largest absolute Gasteiger partial charge is 0.364 e. The summed E-state index contributed by atoms with van der Waals surface area (Å²) in [6.07, 6.45) is 0.869. The van der Waals surface area contributed by atoms with Crippen molar-refractivity contribution in [1.82, 2.24) is 25.3 Å². The van der Waals surface area contributed by atoms with Crippen molar-refractivity contribution in [2.24, 2.45) is 5.73 Å². The number of primary amides is 1. The van der Waals surface area contributed by atoms with Crippen LogP contribution in [0.25, 0.3) is 5.69 Å². The highest BCUT2D eigenvalue weighted by Crippen LogP contribution is 2.12. The van der Waals surface area contributed by atoms with Crippen LogP contribution in [-0.4, -0.2) is 65.8 Å². The van der Waals surface area contributed by atoms with Crippen molar-refractivity contribution >= 4 is 11.8 Å². The molecule has 1 saturated heterocycles. The molecule has 8 nitrogen and oxygen atoms in total. The lowest BCUT2D eigenvalue weighted by Crippen LogP contribution is -2.44. The van der Waals surface area contributed by atoms with Crippen LogP contribution in [0.1, 0.15) is 27.4 Å². The molecule has 1 fully saturated rings. The molecule has 0 spiro atoms. The lowest BCUT2D eigenvalue weighted by molar-refractivity contribution is 0.0945. The van der Waals surface area contributed by atoms with Gasteiger partial charge < -0.3 is 21.3 Å². The molecule has 4 N–H and O–H groups in total. The van der Waals surface area contributed by atoms with Gasteiger partial charge in [0, 0.05) is 38.8 Å². The average molecular weight is 356 g/mol. The van der Waals surface area contributed by atoms with Crippen molar-refractivity contribution in [1.29, 1.82) is 0 Å². The number of para-hydroxylation sites is 1. The standard InChI is InChI=1S/C18H24N6O2/c19-17(25)16-13-15(22-24(16)14-5-2-1-3-6-14)18(26)21-7-4-10-23-11-8-20-9-12-23/h1-3,5-6,13,20H,4,7-12H2,(H2,19,25)(H,21,26). The van der Waals surface area contributed by atoms with Crippen LogP contribution in [0.15, 0.2) is 36.4 Å². The van der Waals surface area contributed by atoms with Crippen LogP contribution in [0.3, 0.4) is 0 Å². The predicted octanol–water partition coefficient (Wildman–Crippen LogP) is -0.00370. The highest BCUT2D eigenvalue weighted by molar-refractivity contribution is 5.97. The summed E-state index contributed by atoms with van der Waals surface area (Å²) in [6, 6.07) is 10.6. The van der Waals surface area contributed by atoms with Crippen molar-refractivity contribution in [3.63, 3.8) is 0 Å². The fourth-order valence-electron chi connectivity index (χ4n) is 2.96. The molecule has 0 saturated carbocycles. The fraction of sp³-hybridized carbons (Fsp3) is 0.389. The van der Waals surface area contributed by atoms with E-state index in [1.807, 2.05) is 18.2 Å². The highest BCUT2D eigenvalue weighted by Gasteiger charge is 2.18. The first-order valence-corrected chi connectivity index (χ1v) is 8.82. The Labute approximate surface area is 152 Å². The summed E-state index contributed by atoms with van der Waals surface area (Å²) in [5.74, 6) is -0.929. The molecule has 1 aromatic carbocycles. The summed E-state index contributed by atoms with van der Waals surface area (Å²) in [7, 11) is 0. The SMILES string of the molecule is NC(=O)c1cc(C(=O)NCCCN2CCNCC2)nn1-c1ccccc1. The second-order valence-electron chi connectivity index (χ2n) is 6.23. The normalized spacial score (nSPS) is 14.9. The van der Waals surface area contributed by atoms with E-state index >= 15 is 0 Å². The third-order valence-corrected chi connectivity index (χ3v) is 4.34. The molecule has 1 aliphatic heterocycles. The van der Waals surface area contributed by atoms with Crippen molar-refractivity contribution in [2.75, 3.05) is 39.3 Å². The van der Waals surface area contributed by atoms with Crippen LogP contribution < -0.4 is 16.4 Å². The van der Waals surface area contributed by atoms with E-state index in [1.54, 1.807) is 12.1 Å². The zero-order chi connectivity index (χ0) is 18.4. The van der Waals surface area contributed by atoms with E-state index in [2.05, 4.69) is 20.6 Å². The van der Waals surface area contributed by atoms with Gasteiger partial charge in [0.05, 0.1) is 5.69 Å². The Bertz CT molecular complexity index is 752. The lowest BCUT2D eigenvalue weighted by atomic mass is 10.3. The molecule has 0 bridgehead atoms. The Morgan fingerprint density at radius 2 is 1.92 bits per heavy atom. The summed E-state index contributed by atoms with van der Waals surface area (Å²) in [5.41, 5.74) is 6.47. The maximum atomic E-state index is 12.4. The summed E-state index contributed by atoms with van der Waals surface area (Å²) in [4.78, 5) is 26.4. The van der Waals surface area contributed by atoms with Gasteiger partial charge in [-0.05, 0) is 25.1 Å². The number of carbonyl (C=O) groups is 2. The smallest absolute Gasteiger partial charge is 0.271 e. The molecule has 0 atom stereocenters. The molecule has 3 rings (SSSR count). The minimum atomic E-state index is -0.626. The van der Waals surface area contributed by atoms with Gasteiger partial charge in [0.2, 0.25) is 0 Å². The number of hydrogen-bond donors (Lipinski definition) is 3. The van der Waals surface area contributed by atoms with Crippen LogP contribution in [0.4, 0.5) is 0 Å². The van der Waals surface area contributed by atoms with Crippen LogP contribution >= 0.6 is 0 Å². The Balaban J connectivity index is 1.59. The first kappa shape index (κ1) is 18.1. The number of nitrogens with zero attached hydrogens (tertiary/aromatic N) is 3. The van der Waals surface area contributed by atoms with E-state index in [-0.39, 0.29) is 17.3 Å². The molecule has 0 aliphatic carbocycles. The zero-order valence-corrected chi connectivity index (χ0v) is 14.6. The van der Waals surface area contributed by atoms with Crippen LogP contribution in [0, 0.1) is 0 Å². The maximum Gasteiger partial charge on any atom is 0.271 e. The summed E-state index contributed by atoms with van der Waals surface area (Å²) in [5, 5.41) is 10.4. The van der Waals surface area contributed by atoms with E-state index in [0.717, 1.165) is 39.1 Å². The molecule has 138 valence electrons. The summed E-state index contributed by atoms with van der Waals surface area (Å²) < 4.78 is 1.40. The number of amides is 2. The van der Waals surface area contributed by atoms with Crippen molar-refractivity contribution < 1.29 is 9.59 Å². The second kappa shape index (κ2) is 8.59. The van der Waals surface area contributed by atoms with Crippen LogP contribution in [0.2, 0.25) is 0 Å². The monoisotopic (exact) mass is 356 g/mol. The van der Waals surface area contributed by atoms with Gasteiger partial charge in [0.15, 0.2) is 5.69 Å². The molecule has 0 unspecified atom stereocenters. The average Bonchev–Trinajstić information content (AvgIpc) is 3.12. The number of piperazine rings is 1. The fourth-order valence-corrected chi connectivity index (χ4v) is 2.96. The van der Waals surface area contributed by atoms with Crippen molar-refractivity contribution in [3.8, 4) is 5.69 Å². The van der Waals surface area contributed by atoms with E-state index in [4.69, 9.17) is 5.73 Å². The topological polar surface area (TPSA) is 105 Å². The van der Waals surface area contributed by atoms with Gasteiger partial charge in [-0.2, -0.15) is 5.10 Å². The third-order valence-electron chi connectivity index (χ3n) is 4.34. The number of aromatic nitrogens is 2. The number of nitrogens with two attached hydrogens (primary N) is 1. The van der Waals surface area contributed by atoms with Gasteiger partial charge in [-0.15, -0.1) is 0 Å². The summed E-state index contributed by atoms with van der Waals surface area (Å²) in [6.45, 7) is 5.62. The first-order valence-electron chi connectivity index (χ1n) is 8.82. The Morgan fingerprint density at radius 3 is 2.62 bits per heavy atom. The van der Waals surface area contributed by atoms with Crippen molar-refractivity contribution in [2.45, 2.75) is 6.42 Å². The number of benzene rings is 1. The Morgan fingerprint density at radius 1 is 1.19 bits per heavy atom. The molecule has 8 heteroatoms. The minimum absolute atomic E-state index is 0.183. The molecule has 1 aliphatic rings. The zero-order valence-electron chi connectivity index (χ0n) is 14.6. The number of carbonyl (C=O) groups excluding carboxylic acids is 2. The lowest BCUT2D eigenvalue weighted by Gasteiger charge is -2.26. The van der Waals surface area contributed by atoms with Gasteiger partial charge in [0.1, 0.15) is 5.69 Å². The van der Waals surface area contributed by atoms with Crippen LogP contribution in [-0.2, 0) is 0 Å². The van der Waals surface area contributed by atoms with E-state index < -0.39 is 5.91 Å². The quantitative estimate of drug-likeness (QED) is 0.606. The molecule has 2 aromatic rings. The Hall–Kier alpha value is -2.71. The van der Waals surface area contributed by atoms with Gasteiger partial charge >= 0.3 is 0 Å². The first-order chi connectivity index (χ1) is 12.6. The van der Waals surface area contributed by atoms with Gasteiger partial charge in [-0.3, -0.25) is 9.59 Å². The summed E-state index contributed by atoms with van der Waals surface area (Å²) >= 11 is 0. The number of nitrogens with one attached hydrogen (secondary N) is 2. The van der Waals surface area contributed by atoms with E-state index in [9.17, 15) is 9.59 Å². The minimum Gasteiger partial charge on any atom is -0.364 e. The van der Waals surface area contributed by atoms with Crippen LogP contribution in [0.5, 0.6) is 0 Å². The second-order valence-corrected chi connectivity index (χ2v) is 6.23. The van der Waals surface area contributed by atoms with E-state index in [0.29, 0.717) is 12.2 Å².